The molecule has 8 heteroatoms. The molecule has 0 unspecified atom stereocenters. The van der Waals surface area contributed by atoms with Crippen LogP contribution in [0.1, 0.15) is 41.2 Å². The minimum absolute atomic E-state index is 0.150. The van der Waals surface area contributed by atoms with Crippen molar-refractivity contribution in [2.45, 2.75) is 45.2 Å². The summed E-state index contributed by atoms with van der Waals surface area (Å²) in [6.07, 6.45) is 0. The molecule has 0 radical (unpaired) electrons. The van der Waals surface area contributed by atoms with Crippen molar-refractivity contribution in [1.29, 1.82) is 0 Å². The summed E-state index contributed by atoms with van der Waals surface area (Å²) in [6, 6.07) is 15.8. The average molecular weight is 427 g/mol. The molecule has 158 valence electrons. The van der Waals surface area contributed by atoms with Crippen molar-refractivity contribution in [2.24, 2.45) is 0 Å². The number of sulfonamides is 1. The smallest absolute Gasteiger partial charge is 0.259 e. The van der Waals surface area contributed by atoms with E-state index in [4.69, 9.17) is 0 Å². The standard InChI is InChI=1S/C22H26N4O3S/c1-15(2)25-30(28,29)20-12-10-19(11-13-20)23-22(27)21-16(3)24-26(17(21)4)14-18-8-6-5-7-9-18/h5-13,15,25H,14H2,1-4H3,(H,23,27). The molecule has 30 heavy (non-hydrogen) atoms. The Kier molecular flexibility index (Phi) is 6.38. The molecule has 3 aromatic rings. The molecule has 1 heterocycles. The Morgan fingerprint density at radius 1 is 1.03 bits per heavy atom. The molecule has 2 aromatic carbocycles. The van der Waals surface area contributed by atoms with Crippen LogP contribution in [0.2, 0.25) is 0 Å². The highest BCUT2D eigenvalue weighted by molar-refractivity contribution is 7.89. The first-order chi connectivity index (χ1) is 14.2. The van der Waals surface area contributed by atoms with Crippen LogP contribution in [0.15, 0.2) is 59.5 Å². The van der Waals surface area contributed by atoms with Crippen molar-refractivity contribution < 1.29 is 13.2 Å². The van der Waals surface area contributed by atoms with Crippen LogP contribution in [0.5, 0.6) is 0 Å². The van der Waals surface area contributed by atoms with Gasteiger partial charge in [-0.25, -0.2) is 13.1 Å². The Morgan fingerprint density at radius 2 is 1.67 bits per heavy atom. The lowest BCUT2D eigenvalue weighted by Crippen LogP contribution is -2.30. The summed E-state index contributed by atoms with van der Waals surface area (Å²) in [7, 11) is -3.57. The van der Waals surface area contributed by atoms with Crippen molar-refractivity contribution in [3.05, 3.63) is 77.1 Å². The summed E-state index contributed by atoms with van der Waals surface area (Å²) in [4.78, 5) is 13.0. The van der Waals surface area contributed by atoms with Gasteiger partial charge in [0.25, 0.3) is 5.91 Å². The van der Waals surface area contributed by atoms with Gasteiger partial charge in [-0.3, -0.25) is 9.48 Å². The molecule has 1 amide bonds. The summed E-state index contributed by atoms with van der Waals surface area (Å²) in [6.45, 7) is 7.77. The van der Waals surface area contributed by atoms with Gasteiger partial charge in [0.2, 0.25) is 10.0 Å². The van der Waals surface area contributed by atoms with E-state index in [9.17, 15) is 13.2 Å². The summed E-state index contributed by atoms with van der Waals surface area (Å²) in [5.41, 5.74) is 3.54. The van der Waals surface area contributed by atoms with E-state index in [0.717, 1.165) is 11.3 Å². The zero-order valence-electron chi connectivity index (χ0n) is 17.5. The number of anilines is 1. The molecule has 1 aromatic heterocycles. The second kappa shape index (κ2) is 8.81. The van der Waals surface area contributed by atoms with E-state index in [1.54, 1.807) is 32.9 Å². The average Bonchev–Trinajstić information content (AvgIpc) is 2.95. The van der Waals surface area contributed by atoms with Gasteiger partial charge in [-0.2, -0.15) is 5.10 Å². The van der Waals surface area contributed by atoms with Crippen molar-refractivity contribution >= 4 is 21.6 Å². The minimum Gasteiger partial charge on any atom is -0.322 e. The predicted octanol–water partition coefficient (Wildman–Crippen LogP) is 3.49. The first-order valence-electron chi connectivity index (χ1n) is 9.69. The normalized spacial score (nSPS) is 11.6. The van der Waals surface area contributed by atoms with Gasteiger partial charge in [0, 0.05) is 17.4 Å². The second-order valence-electron chi connectivity index (χ2n) is 7.44. The highest BCUT2D eigenvalue weighted by atomic mass is 32.2. The van der Waals surface area contributed by atoms with Gasteiger partial charge >= 0.3 is 0 Å². The number of carbonyl (C=O) groups is 1. The maximum Gasteiger partial charge on any atom is 0.259 e. The maximum absolute atomic E-state index is 12.9. The molecule has 0 bridgehead atoms. The number of benzene rings is 2. The monoisotopic (exact) mass is 426 g/mol. The van der Waals surface area contributed by atoms with Crippen LogP contribution in [0.3, 0.4) is 0 Å². The highest BCUT2D eigenvalue weighted by Crippen LogP contribution is 2.19. The first kappa shape index (κ1) is 21.7. The number of carbonyl (C=O) groups excluding carboxylic acids is 1. The summed E-state index contributed by atoms with van der Waals surface area (Å²) in [5.74, 6) is -0.278. The zero-order chi connectivity index (χ0) is 21.9. The third-order valence-corrected chi connectivity index (χ3v) is 6.27. The Balaban J connectivity index is 1.76. The van der Waals surface area contributed by atoms with Crippen LogP contribution < -0.4 is 10.0 Å². The summed E-state index contributed by atoms with van der Waals surface area (Å²) >= 11 is 0. The SMILES string of the molecule is Cc1nn(Cc2ccccc2)c(C)c1C(=O)Nc1ccc(S(=O)(=O)NC(C)C)cc1. The molecule has 0 atom stereocenters. The number of hydrogen-bond donors (Lipinski definition) is 2. The van der Waals surface area contributed by atoms with Crippen LogP contribution in [0.4, 0.5) is 5.69 Å². The number of nitrogens with one attached hydrogen (secondary N) is 2. The molecule has 0 aliphatic rings. The molecule has 0 saturated carbocycles. The molecule has 0 spiro atoms. The fourth-order valence-corrected chi connectivity index (χ4v) is 4.48. The molecule has 0 saturated heterocycles. The third kappa shape index (κ3) is 4.95. The summed E-state index contributed by atoms with van der Waals surface area (Å²) < 4.78 is 28.8. The quantitative estimate of drug-likeness (QED) is 0.605. The molecule has 3 rings (SSSR count). The molecule has 0 aliphatic heterocycles. The van der Waals surface area contributed by atoms with Gasteiger partial charge in [-0.05, 0) is 57.5 Å². The van der Waals surface area contributed by atoms with Gasteiger partial charge in [0.05, 0.1) is 22.7 Å². The van der Waals surface area contributed by atoms with Crippen molar-refractivity contribution in [2.75, 3.05) is 5.32 Å². The van der Waals surface area contributed by atoms with E-state index < -0.39 is 10.0 Å². The Hall–Kier alpha value is -2.97. The predicted molar refractivity (Wildman–Crippen MR) is 117 cm³/mol. The molecule has 2 N–H and O–H groups in total. The maximum atomic E-state index is 12.9. The number of hydrogen-bond acceptors (Lipinski definition) is 4. The van der Waals surface area contributed by atoms with Crippen molar-refractivity contribution in [1.82, 2.24) is 14.5 Å². The lowest BCUT2D eigenvalue weighted by Gasteiger charge is -2.11. The Labute approximate surface area is 177 Å². The van der Waals surface area contributed by atoms with E-state index in [1.165, 1.54) is 12.1 Å². The molecular weight excluding hydrogens is 400 g/mol. The van der Waals surface area contributed by atoms with E-state index in [0.29, 0.717) is 23.5 Å². The number of aromatic nitrogens is 2. The number of rotatable bonds is 7. The number of amides is 1. The molecule has 0 aliphatic carbocycles. The van der Waals surface area contributed by atoms with Gasteiger partial charge < -0.3 is 5.32 Å². The zero-order valence-corrected chi connectivity index (χ0v) is 18.3. The van der Waals surface area contributed by atoms with Crippen LogP contribution >= 0.6 is 0 Å². The molecule has 7 nitrogen and oxygen atoms in total. The van der Waals surface area contributed by atoms with Crippen molar-refractivity contribution in [3.8, 4) is 0 Å². The molecular formula is C22H26N4O3S. The van der Waals surface area contributed by atoms with Crippen LogP contribution in [-0.4, -0.2) is 30.1 Å². The lowest BCUT2D eigenvalue weighted by atomic mass is 10.1. The fraction of sp³-hybridized carbons (Fsp3) is 0.273. The minimum atomic E-state index is -3.57. The van der Waals surface area contributed by atoms with E-state index in [1.807, 2.05) is 41.9 Å². The lowest BCUT2D eigenvalue weighted by molar-refractivity contribution is 0.102. The Morgan fingerprint density at radius 3 is 2.27 bits per heavy atom. The Bertz CT molecular complexity index is 1140. The second-order valence-corrected chi connectivity index (χ2v) is 9.16. The molecule has 0 fully saturated rings. The fourth-order valence-electron chi connectivity index (χ4n) is 3.23. The van der Waals surface area contributed by atoms with Gasteiger partial charge in [0.15, 0.2) is 0 Å². The number of nitrogens with zero attached hydrogens (tertiary/aromatic N) is 2. The van der Waals surface area contributed by atoms with Gasteiger partial charge in [-0.15, -0.1) is 0 Å². The number of aryl methyl sites for hydroxylation is 1. The van der Waals surface area contributed by atoms with Crippen LogP contribution in [0, 0.1) is 13.8 Å². The topological polar surface area (TPSA) is 93.1 Å². The van der Waals surface area contributed by atoms with Gasteiger partial charge in [0.1, 0.15) is 0 Å². The van der Waals surface area contributed by atoms with E-state index in [2.05, 4.69) is 15.1 Å². The van der Waals surface area contributed by atoms with E-state index in [-0.39, 0.29) is 16.8 Å². The first-order valence-corrected chi connectivity index (χ1v) is 11.2. The van der Waals surface area contributed by atoms with E-state index >= 15 is 0 Å². The largest absolute Gasteiger partial charge is 0.322 e. The third-order valence-electron chi connectivity index (χ3n) is 4.60. The van der Waals surface area contributed by atoms with Gasteiger partial charge in [-0.1, -0.05) is 30.3 Å². The van der Waals surface area contributed by atoms with Crippen molar-refractivity contribution in [3.63, 3.8) is 0 Å². The van der Waals surface area contributed by atoms with Crippen LogP contribution in [-0.2, 0) is 16.6 Å². The highest BCUT2D eigenvalue weighted by Gasteiger charge is 2.20. The van der Waals surface area contributed by atoms with Crippen LogP contribution in [0.25, 0.3) is 0 Å². The summed E-state index contributed by atoms with van der Waals surface area (Å²) in [5, 5.41) is 7.34.